The molecule has 2 N–H and O–H groups in total. The van der Waals surface area contributed by atoms with Crippen LogP contribution in [-0.4, -0.2) is 42.9 Å². The van der Waals surface area contributed by atoms with Crippen molar-refractivity contribution in [1.82, 2.24) is 10.6 Å². The van der Waals surface area contributed by atoms with Crippen LogP contribution in [0, 0.1) is 0 Å². The van der Waals surface area contributed by atoms with Crippen molar-refractivity contribution in [2.75, 3.05) is 12.9 Å². The lowest BCUT2D eigenvalue weighted by atomic mass is 9.99. The molecule has 188 valence electrons. The van der Waals surface area contributed by atoms with Crippen molar-refractivity contribution in [3.63, 3.8) is 0 Å². The minimum atomic E-state index is -0.974. The Balaban J connectivity index is 2.17. The second kappa shape index (κ2) is 15.6. The van der Waals surface area contributed by atoms with E-state index >= 15 is 0 Å². The molecule has 0 aliphatic carbocycles. The van der Waals surface area contributed by atoms with Gasteiger partial charge in [0.25, 0.3) is 0 Å². The molecule has 1 aromatic rings. The largest absolute Gasteiger partial charge is 0.467 e. The van der Waals surface area contributed by atoms with Crippen LogP contribution in [0.5, 0.6) is 0 Å². The van der Waals surface area contributed by atoms with Gasteiger partial charge in [0.2, 0.25) is 5.91 Å². The molecular formula is C27H34N2O5S. The molecule has 8 heteroatoms. The van der Waals surface area contributed by atoms with Crippen LogP contribution >= 0.6 is 11.8 Å². The summed E-state index contributed by atoms with van der Waals surface area (Å²) in [6.45, 7) is 6.17. The van der Waals surface area contributed by atoms with E-state index in [1.165, 1.54) is 7.11 Å². The Morgan fingerprint density at radius 2 is 1.89 bits per heavy atom. The van der Waals surface area contributed by atoms with Gasteiger partial charge in [-0.2, -0.15) is 0 Å². The van der Waals surface area contributed by atoms with Gasteiger partial charge in [0, 0.05) is 12.2 Å². The molecule has 7 nitrogen and oxygen atoms in total. The van der Waals surface area contributed by atoms with Gasteiger partial charge in [0.1, 0.15) is 18.7 Å². The van der Waals surface area contributed by atoms with E-state index in [0.29, 0.717) is 6.42 Å². The molecule has 1 aromatic carbocycles. The number of ether oxygens (including phenoxy) is 2. The maximum absolute atomic E-state index is 13.3. The van der Waals surface area contributed by atoms with E-state index in [-0.39, 0.29) is 13.0 Å². The lowest BCUT2D eigenvalue weighted by molar-refractivity contribution is -0.145. The molecule has 35 heavy (non-hydrogen) atoms. The first-order chi connectivity index (χ1) is 16.9. The van der Waals surface area contributed by atoms with Crippen LogP contribution in [-0.2, 0) is 25.7 Å². The molecule has 0 fully saturated rings. The van der Waals surface area contributed by atoms with Crippen molar-refractivity contribution in [3.05, 3.63) is 83.3 Å². The predicted octanol–water partition coefficient (Wildman–Crippen LogP) is 4.82. The Morgan fingerprint density at radius 3 is 2.60 bits per heavy atom. The number of hydrogen-bond acceptors (Lipinski definition) is 6. The first-order valence-corrected chi connectivity index (χ1v) is 12.7. The molecule has 1 aliphatic heterocycles. The zero-order chi connectivity index (χ0) is 25.5. The number of hydrogen-bond donors (Lipinski definition) is 2. The van der Waals surface area contributed by atoms with Crippen molar-refractivity contribution < 1.29 is 23.9 Å². The number of rotatable bonds is 11. The van der Waals surface area contributed by atoms with E-state index in [1.54, 1.807) is 11.8 Å². The van der Waals surface area contributed by atoms with Crippen LogP contribution in [0.3, 0.4) is 0 Å². The van der Waals surface area contributed by atoms with E-state index in [2.05, 4.69) is 17.2 Å². The zero-order valence-corrected chi connectivity index (χ0v) is 21.1. The summed E-state index contributed by atoms with van der Waals surface area (Å²) in [5.41, 5.74) is 2.37. The van der Waals surface area contributed by atoms with Crippen molar-refractivity contribution in [3.8, 4) is 0 Å². The monoisotopic (exact) mass is 498 g/mol. The van der Waals surface area contributed by atoms with Crippen molar-refractivity contribution in [1.29, 1.82) is 0 Å². The number of amides is 2. The summed E-state index contributed by atoms with van der Waals surface area (Å²) in [7, 11) is 1.29. The highest BCUT2D eigenvalue weighted by Crippen LogP contribution is 2.22. The minimum Gasteiger partial charge on any atom is -0.467 e. The Hall–Kier alpha value is -3.26. The molecule has 0 radical (unpaired) electrons. The molecule has 1 aliphatic rings. The highest BCUT2D eigenvalue weighted by Gasteiger charge is 2.28. The van der Waals surface area contributed by atoms with Crippen LogP contribution in [0.25, 0.3) is 0 Å². The van der Waals surface area contributed by atoms with Gasteiger partial charge >= 0.3 is 12.1 Å². The van der Waals surface area contributed by atoms with Crippen molar-refractivity contribution in [2.45, 2.75) is 51.3 Å². The molecule has 2 atom stereocenters. The average Bonchev–Trinajstić information content (AvgIpc) is 2.97. The molecule has 0 bridgehead atoms. The van der Waals surface area contributed by atoms with Gasteiger partial charge in [0.05, 0.1) is 7.11 Å². The molecule has 0 saturated carbocycles. The minimum absolute atomic E-state index is 0.0714. The first-order valence-electron chi connectivity index (χ1n) is 11.6. The Kier molecular flexibility index (Phi) is 12.5. The quantitative estimate of drug-likeness (QED) is 0.425. The maximum atomic E-state index is 13.3. The van der Waals surface area contributed by atoms with Crippen LogP contribution in [0.15, 0.2) is 77.8 Å². The number of nitrogens with one attached hydrogen (secondary N) is 2. The summed E-state index contributed by atoms with van der Waals surface area (Å²) in [5.74, 6) is -0.243. The van der Waals surface area contributed by atoms with Crippen molar-refractivity contribution >= 4 is 29.7 Å². The van der Waals surface area contributed by atoms with E-state index in [0.717, 1.165) is 35.3 Å². The summed E-state index contributed by atoms with van der Waals surface area (Å²) in [4.78, 5) is 38.1. The van der Waals surface area contributed by atoms with Crippen LogP contribution in [0.2, 0.25) is 0 Å². The number of carbonyl (C=O) groups excluding carboxylic acids is 3. The third kappa shape index (κ3) is 10.3. The molecule has 1 heterocycles. The number of methoxy groups -OCH3 is 1. The van der Waals surface area contributed by atoms with Gasteiger partial charge in [0.15, 0.2) is 0 Å². The van der Waals surface area contributed by atoms with Gasteiger partial charge in [-0.15, -0.1) is 11.8 Å². The second-order valence-electron chi connectivity index (χ2n) is 7.98. The standard InChI is InChI=1S/C27H34N2O5S/c1-4-5-15-23(26(31)33-3)28-25(30)24(17-22-19-35-16-11-7-8-12-20(22)2)29-27(32)34-18-21-13-9-6-10-14-21/h6-14,19,23-24H,2,4-5,15-18H2,1,3H3,(H,28,30)(H,29,32)/b11-7-,12-8-,22-19-/t23-,24-/m0/s1. The summed E-state index contributed by atoms with van der Waals surface area (Å²) in [5, 5.41) is 7.36. The third-order valence-corrected chi connectivity index (χ3v) is 6.11. The van der Waals surface area contributed by atoms with Crippen LogP contribution in [0.4, 0.5) is 4.79 Å². The Bertz CT molecular complexity index is 956. The van der Waals surface area contributed by atoms with Gasteiger partial charge in [-0.3, -0.25) is 4.79 Å². The first kappa shape index (κ1) is 28.0. The molecular weight excluding hydrogens is 464 g/mol. The van der Waals surface area contributed by atoms with E-state index in [1.807, 2.05) is 67.0 Å². The molecule has 0 unspecified atom stereocenters. The number of allylic oxidation sites excluding steroid dienone is 4. The predicted molar refractivity (Wildman–Crippen MR) is 140 cm³/mol. The lowest BCUT2D eigenvalue weighted by Crippen LogP contribution is -2.52. The zero-order valence-electron chi connectivity index (χ0n) is 20.3. The third-order valence-electron chi connectivity index (χ3n) is 5.27. The summed E-state index contributed by atoms with van der Waals surface area (Å²) >= 11 is 1.57. The summed E-state index contributed by atoms with van der Waals surface area (Å²) in [6, 6.07) is 7.49. The smallest absolute Gasteiger partial charge is 0.408 e. The highest BCUT2D eigenvalue weighted by molar-refractivity contribution is 8.02. The van der Waals surface area contributed by atoms with E-state index in [4.69, 9.17) is 9.47 Å². The lowest BCUT2D eigenvalue weighted by Gasteiger charge is -2.23. The fourth-order valence-electron chi connectivity index (χ4n) is 3.28. The normalized spacial score (nSPS) is 18.3. The summed E-state index contributed by atoms with van der Waals surface area (Å²) in [6.07, 6.45) is 9.21. The number of alkyl carbamates (subject to hydrolysis) is 1. The topological polar surface area (TPSA) is 93.7 Å². The van der Waals surface area contributed by atoms with E-state index in [9.17, 15) is 14.4 Å². The number of thioether (sulfide) groups is 1. The Labute approximate surface area is 211 Å². The fourth-order valence-corrected chi connectivity index (χ4v) is 4.05. The van der Waals surface area contributed by atoms with Crippen LogP contribution < -0.4 is 10.6 Å². The average molecular weight is 499 g/mol. The van der Waals surface area contributed by atoms with Crippen LogP contribution in [0.1, 0.15) is 38.2 Å². The van der Waals surface area contributed by atoms with Crippen molar-refractivity contribution in [2.24, 2.45) is 0 Å². The number of unbranched alkanes of at least 4 members (excludes halogenated alkanes) is 1. The molecule has 0 saturated heterocycles. The van der Waals surface area contributed by atoms with Gasteiger partial charge < -0.3 is 20.1 Å². The number of carbonyl (C=O) groups is 3. The van der Waals surface area contributed by atoms with Gasteiger partial charge in [-0.05, 0) is 28.5 Å². The second-order valence-corrected chi connectivity index (χ2v) is 8.88. The molecule has 2 rings (SSSR count). The van der Waals surface area contributed by atoms with Gasteiger partial charge in [-0.25, -0.2) is 9.59 Å². The molecule has 0 spiro atoms. The Morgan fingerprint density at radius 1 is 1.11 bits per heavy atom. The summed E-state index contributed by atoms with van der Waals surface area (Å²) < 4.78 is 10.2. The van der Waals surface area contributed by atoms with E-state index < -0.39 is 30.1 Å². The molecule has 2 amide bonds. The number of esters is 1. The fraction of sp³-hybridized carbons (Fsp3) is 0.370. The number of benzene rings is 1. The van der Waals surface area contributed by atoms with Gasteiger partial charge in [-0.1, -0.05) is 81.0 Å². The maximum Gasteiger partial charge on any atom is 0.408 e. The molecule has 0 aromatic heterocycles. The highest BCUT2D eigenvalue weighted by atomic mass is 32.2. The SMILES string of the molecule is C=C1/C=C\C=C/CS/C=C\1C[C@H](NC(=O)OCc1ccccc1)C(=O)N[C@@H](CCCC)C(=O)OC.